The van der Waals surface area contributed by atoms with Crippen LogP contribution in [0.5, 0.6) is 0 Å². The zero-order chi connectivity index (χ0) is 17.8. The summed E-state index contributed by atoms with van der Waals surface area (Å²) in [4.78, 5) is 23.2. The Bertz CT molecular complexity index is 436. The number of aliphatic carboxylic acids is 1. The van der Waals surface area contributed by atoms with E-state index in [1.807, 2.05) is 19.3 Å². The first-order valence-corrected chi connectivity index (χ1v) is 9.27. The van der Waals surface area contributed by atoms with Gasteiger partial charge in [0.2, 0.25) is 0 Å². The summed E-state index contributed by atoms with van der Waals surface area (Å²) in [5.41, 5.74) is 5.87. The van der Waals surface area contributed by atoms with E-state index in [4.69, 9.17) is 10.8 Å². The predicted molar refractivity (Wildman–Crippen MR) is 97.0 cm³/mol. The molecule has 0 aromatic carbocycles. The highest BCUT2D eigenvalue weighted by Crippen LogP contribution is 2.20. The van der Waals surface area contributed by atoms with Gasteiger partial charge in [-0.3, -0.25) is 9.59 Å². The van der Waals surface area contributed by atoms with Crippen LogP contribution in [0.1, 0.15) is 46.5 Å². The lowest BCUT2D eigenvalue weighted by Crippen LogP contribution is -2.40. The van der Waals surface area contributed by atoms with Crippen molar-refractivity contribution in [3.8, 4) is 0 Å². The second-order valence-corrected chi connectivity index (χ2v) is 6.48. The van der Waals surface area contributed by atoms with Gasteiger partial charge in [-0.2, -0.15) is 0 Å². The molecule has 6 heteroatoms. The number of carboxylic acids is 1. The van der Waals surface area contributed by atoms with E-state index in [9.17, 15) is 9.59 Å². The van der Waals surface area contributed by atoms with Crippen LogP contribution in [0.4, 0.5) is 0 Å². The maximum Gasteiger partial charge on any atom is 0.306 e. The topological polar surface area (TPSA) is 92.4 Å². The standard InChI is InChI=1S/C17H30N2O3S/c1-5-7-8-13(6-2)10-14(9-12(3)17(21)22)19-16(20)15(18)11-23-4/h5,7,11-14H,6,8-10,18H2,1-4H3,(H,19,20)(H,21,22)/b7-5-,15-11-/t12?,13?,14-/m1/s1. The number of nitrogens with two attached hydrogens (primary N) is 1. The minimum absolute atomic E-state index is 0.159. The maximum atomic E-state index is 12.1. The van der Waals surface area contributed by atoms with Gasteiger partial charge in [-0.25, -0.2) is 0 Å². The molecule has 0 aliphatic carbocycles. The van der Waals surface area contributed by atoms with Gasteiger partial charge in [0, 0.05) is 6.04 Å². The highest BCUT2D eigenvalue weighted by molar-refractivity contribution is 8.01. The van der Waals surface area contributed by atoms with Crippen LogP contribution in [0.15, 0.2) is 23.3 Å². The van der Waals surface area contributed by atoms with Gasteiger partial charge in [0.25, 0.3) is 5.91 Å². The van der Waals surface area contributed by atoms with E-state index in [2.05, 4.69) is 18.3 Å². The van der Waals surface area contributed by atoms with Gasteiger partial charge in [0.1, 0.15) is 5.70 Å². The summed E-state index contributed by atoms with van der Waals surface area (Å²) in [6.07, 6.45) is 9.00. The second-order valence-electron chi connectivity index (χ2n) is 5.77. The molecule has 0 aliphatic heterocycles. The number of amides is 1. The molecule has 0 aromatic heterocycles. The Morgan fingerprint density at radius 3 is 2.48 bits per heavy atom. The van der Waals surface area contributed by atoms with E-state index in [1.54, 1.807) is 12.3 Å². The minimum Gasteiger partial charge on any atom is -0.481 e. The van der Waals surface area contributed by atoms with Crippen LogP contribution in [0.25, 0.3) is 0 Å². The van der Waals surface area contributed by atoms with Gasteiger partial charge in [-0.1, -0.05) is 32.4 Å². The molecule has 0 bridgehead atoms. The molecule has 0 saturated carbocycles. The molecule has 0 aromatic rings. The zero-order valence-corrected chi connectivity index (χ0v) is 15.4. The Morgan fingerprint density at radius 1 is 1.35 bits per heavy atom. The van der Waals surface area contributed by atoms with E-state index in [1.165, 1.54) is 11.8 Å². The van der Waals surface area contributed by atoms with Crippen LogP contribution in [0.3, 0.4) is 0 Å². The molecule has 0 fully saturated rings. The lowest BCUT2D eigenvalue weighted by molar-refractivity contribution is -0.141. The first kappa shape index (κ1) is 21.6. The van der Waals surface area contributed by atoms with Crippen molar-refractivity contribution < 1.29 is 14.7 Å². The summed E-state index contributed by atoms with van der Waals surface area (Å²) in [5, 5.41) is 13.6. The maximum absolute atomic E-state index is 12.1. The van der Waals surface area contributed by atoms with Gasteiger partial charge in [-0.05, 0) is 43.8 Å². The highest BCUT2D eigenvalue weighted by Gasteiger charge is 2.23. The van der Waals surface area contributed by atoms with Crippen molar-refractivity contribution in [2.45, 2.75) is 52.5 Å². The summed E-state index contributed by atoms with van der Waals surface area (Å²) in [5.74, 6) is -1.28. The van der Waals surface area contributed by atoms with Crippen LogP contribution >= 0.6 is 11.8 Å². The summed E-state index contributed by atoms with van der Waals surface area (Å²) in [6.45, 7) is 5.75. The lowest BCUT2D eigenvalue weighted by atomic mass is 9.89. The largest absolute Gasteiger partial charge is 0.481 e. The van der Waals surface area contributed by atoms with Crippen molar-refractivity contribution >= 4 is 23.6 Å². The molecule has 3 atom stereocenters. The fraction of sp³-hybridized carbons (Fsp3) is 0.647. The lowest BCUT2D eigenvalue weighted by Gasteiger charge is -2.25. The third kappa shape index (κ3) is 9.33. The number of hydrogen-bond donors (Lipinski definition) is 3. The van der Waals surface area contributed by atoms with Gasteiger partial charge in [0.15, 0.2) is 0 Å². The predicted octanol–water partition coefficient (Wildman–Crippen LogP) is 3.13. The Hall–Kier alpha value is -1.43. The number of carbonyl (C=O) groups excluding carboxylic acids is 1. The van der Waals surface area contributed by atoms with Crippen molar-refractivity contribution in [1.29, 1.82) is 0 Å². The molecule has 0 rings (SSSR count). The monoisotopic (exact) mass is 342 g/mol. The van der Waals surface area contributed by atoms with Crippen LogP contribution in [0.2, 0.25) is 0 Å². The summed E-state index contributed by atoms with van der Waals surface area (Å²) in [6, 6.07) is -0.197. The van der Waals surface area contributed by atoms with Crippen LogP contribution < -0.4 is 11.1 Å². The molecule has 4 N–H and O–H groups in total. The number of allylic oxidation sites excluding steroid dienone is 2. The average molecular weight is 343 g/mol. The number of carboxylic acid groups (broad SMARTS) is 1. The Balaban J connectivity index is 4.95. The normalized spacial score (nSPS) is 16.1. The number of hydrogen-bond acceptors (Lipinski definition) is 4. The summed E-state index contributed by atoms with van der Waals surface area (Å²) < 4.78 is 0. The second kappa shape index (κ2) is 12.0. The van der Waals surface area contributed by atoms with Gasteiger partial charge < -0.3 is 16.2 Å². The number of rotatable bonds is 11. The van der Waals surface area contributed by atoms with E-state index in [0.717, 1.165) is 19.3 Å². The van der Waals surface area contributed by atoms with Crippen molar-refractivity contribution in [2.24, 2.45) is 17.6 Å². The van der Waals surface area contributed by atoms with Crippen LogP contribution in [0, 0.1) is 11.8 Å². The Kier molecular flexibility index (Phi) is 11.3. The number of carbonyl (C=O) groups is 2. The highest BCUT2D eigenvalue weighted by atomic mass is 32.2. The molecule has 0 heterocycles. The molecular formula is C17H30N2O3S. The van der Waals surface area contributed by atoms with E-state index in [0.29, 0.717) is 12.3 Å². The van der Waals surface area contributed by atoms with Crippen molar-refractivity contribution in [3.05, 3.63) is 23.3 Å². The van der Waals surface area contributed by atoms with E-state index < -0.39 is 11.9 Å². The molecule has 0 radical (unpaired) electrons. The van der Waals surface area contributed by atoms with Crippen LogP contribution in [-0.4, -0.2) is 29.3 Å². The van der Waals surface area contributed by atoms with E-state index in [-0.39, 0.29) is 17.6 Å². The third-order valence-electron chi connectivity index (χ3n) is 3.80. The molecule has 0 spiro atoms. The fourth-order valence-electron chi connectivity index (χ4n) is 2.35. The van der Waals surface area contributed by atoms with Crippen molar-refractivity contribution in [2.75, 3.05) is 6.26 Å². The molecule has 2 unspecified atom stereocenters. The van der Waals surface area contributed by atoms with Gasteiger partial charge in [-0.15, -0.1) is 11.8 Å². The van der Waals surface area contributed by atoms with Gasteiger partial charge >= 0.3 is 5.97 Å². The Morgan fingerprint density at radius 2 is 2.00 bits per heavy atom. The molecule has 0 aliphatic rings. The van der Waals surface area contributed by atoms with E-state index >= 15 is 0 Å². The number of nitrogens with one attached hydrogen (secondary N) is 1. The van der Waals surface area contributed by atoms with Crippen molar-refractivity contribution in [1.82, 2.24) is 5.32 Å². The molecule has 5 nitrogen and oxygen atoms in total. The minimum atomic E-state index is -0.849. The smallest absolute Gasteiger partial charge is 0.306 e. The summed E-state index contributed by atoms with van der Waals surface area (Å²) >= 11 is 1.36. The van der Waals surface area contributed by atoms with Crippen LogP contribution in [-0.2, 0) is 9.59 Å². The molecule has 0 saturated heterocycles. The molecule has 132 valence electrons. The quantitative estimate of drug-likeness (QED) is 0.396. The first-order chi connectivity index (χ1) is 10.8. The molecular weight excluding hydrogens is 312 g/mol. The average Bonchev–Trinajstić information content (AvgIpc) is 2.50. The third-order valence-corrected chi connectivity index (χ3v) is 4.29. The first-order valence-electron chi connectivity index (χ1n) is 7.98. The Labute approximate surface area is 143 Å². The SMILES string of the molecule is C/C=C\CC(CC)C[C@@H](CC(C)C(=O)O)NC(=O)/C(N)=C/SC. The number of thioether (sulfide) groups is 1. The fourth-order valence-corrected chi connectivity index (χ4v) is 2.71. The molecule has 23 heavy (non-hydrogen) atoms. The zero-order valence-electron chi connectivity index (χ0n) is 14.5. The molecule has 1 amide bonds. The van der Waals surface area contributed by atoms with Crippen molar-refractivity contribution in [3.63, 3.8) is 0 Å². The summed E-state index contributed by atoms with van der Waals surface area (Å²) in [7, 11) is 0. The van der Waals surface area contributed by atoms with Gasteiger partial charge in [0.05, 0.1) is 5.92 Å².